The second-order valence-corrected chi connectivity index (χ2v) is 5.09. The average molecular weight is 217 g/mol. The van der Waals surface area contributed by atoms with E-state index in [9.17, 15) is 0 Å². The normalized spacial score (nSPS) is 18.6. The Kier molecular flexibility index (Phi) is 4.38. The van der Waals surface area contributed by atoms with Crippen molar-refractivity contribution in [3.8, 4) is 0 Å². The fraction of sp³-hybridized carbons (Fsp3) is 0.667. The zero-order valence-electron chi connectivity index (χ0n) is 10.5. The van der Waals surface area contributed by atoms with Crippen molar-refractivity contribution in [1.82, 2.24) is 4.98 Å². The molecule has 0 aliphatic heterocycles. The van der Waals surface area contributed by atoms with Crippen LogP contribution in [0.2, 0.25) is 0 Å². The van der Waals surface area contributed by atoms with Gasteiger partial charge in [0.05, 0.1) is 0 Å². The minimum atomic E-state index is 1.19. The smallest absolute Gasteiger partial charge is 0.0435 e. The van der Waals surface area contributed by atoms with Crippen molar-refractivity contribution < 1.29 is 0 Å². The highest BCUT2D eigenvalue weighted by molar-refractivity contribution is 5.25. The lowest BCUT2D eigenvalue weighted by atomic mass is 10.0. The number of nitrogens with zero attached hydrogens (tertiary/aromatic N) is 1. The molecule has 0 saturated heterocycles. The third kappa shape index (κ3) is 3.33. The number of rotatable bonds is 0. The number of hydrogen-bond acceptors (Lipinski definition) is 1. The maximum absolute atomic E-state index is 4.62. The lowest BCUT2D eigenvalue weighted by molar-refractivity contribution is 0.587. The fourth-order valence-corrected chi connectivity index (χ4v) is 2.59. The largest absolute Gasteiger partial charge is 0.261 e. The molecule has 2 rings (SSSR count). The predicted octanol–water partition coefficient (Wildman–Crippen LogP) is 4.22. The highest BCUT2D eigenvalue weighted by atomic mass is 14.7. The zero-order valence-corrected chi connectivity index (χ0v) is 10.5. The summed E-state index contributed by atoms with van der Waals surface area (Å²) in [5.74, 6) is 0. The molecule has 0 radical (unpaired) electrons. The van der Waals surface area contributed by atoms with Gasteiger partial charge in [-0.15, -0.1) is 0 Å². The van der Waals surface area contributed by atoms with Gasteiger partial charge in [-0.1, -0.05) is 38.2 Å². The first-order valence-electron chi connectivity index (χ1n) is 6.80. The molecule has 88 valence electrons. The van der Waals surface area contributed by atoms with E-state index in [0.717, 1.165) is 0 Å². The molecule has 0 atom stereocenters. The van der Waals surface area contributed by atoms with Crippen molar-refractivity contribution in [2.24, 2.45) is 0 Å². The lowest BCUT2D eigenvalue weighted by Crippen LogP contribution is -1.99. The lowest BCUT2D eigenvalue weighted by Gasteiger charge is -2.08. The first-order valence-corrected chi connectivity index (χ1v) is 6.80. The van der Waals surface area contributed by atoms with Crippen molar-refractivity contribution in [2.75, 3.05) is 0 Å². The molecular formula is C15H23N. The minimum Gasteiger partial charge on any atom is -0.261 e. The number of aryl methyl sites for hydroxylation is 3. The summed E-state index contributed by atoms with van der Waals surface area (Å²) < 4.78 is 0. The maximum atomic E-state index is 4.62. The van der Waals surface area contributed by atoms with Gasteiger partial charge in [0.15, 0.2) is 0 Å². The molecule has 0 saturated carbocycles. The number of hydrogen-bond donors (Lipinski definition) is 0. The molecule has 1 aromatic heterocycles. The Morgan fingerprint density at radius 3 is 2.25 bits per heavy atom. The molecule has 1 nitrogen and oxygen atoms in total. The van der Waals surface area contributed by atoms with Gasteiger partial charge in [-0.25, -0.2) is 0 Å². The number of pyridine rings is 1. The van der Waals surface area contributed by atoms with E-state index in [1.165, 1.54) is 74.6 Å². The molecule has 0 aromatic carbocycles. The third-order valence-corrected chi connectivity index (χ3v) is 3.56. The van der Waals surface area contributed by atoms with Crippen LogP contribution in [0.3, 0.4) is 0 Å². The molecular weight excluding hydrogens is 194 g/mol. The van der Waals surface area contributed by atoms with Gasteiger partial charge in [0, 0.05) is 11.9 Å². The third-order valence-electron chi connectivity index (χ3n) is 3.56. The van der Waals surface area contributed by atoms with Crippen LogP contribution in [0.1, 0.15) is 61.8 Å². The van der Waals surface area contributed by atoms with Gasteiger partial charge in [0.25, 0.3) is 0 Å². The molecule has 0 N–H and O–H groups in total. The first-order chi connectivity index (χ1) is 7.86. The Hall–Kier alpha value is -0.850. The van der Waals surface area contributed by atoms with Gasteiger partial charge in [0.2, 0.25) is 0 Å². The van der Waals surface area contributed by atoms with Crippen LogP contribution in [0.5, 0.6) is 0 Å². The van der Waals surface area contributed by atoms with Crippen LogP contribution in [0, 0.1) is 6.92 Å². The van der Waals surface area contributed by atoms with E-state index in [4.69, 9.17) is 0 Å². The summed E-state index contributed by atoms with van der Waals surface area (Å²) in [5.41, 5.74) is 4.20. The molecule has 1 aliphatic rings. The van der Waals surface area contributed by atoms with Gasteiger partial charge in [-0.3, -0.25) is 4.98 Å². The maximum Gasteiger partial charge on any atom is 0.0435 e. The molecule has 0 amide bonds. The van der Waals surface area contributed by atoms with E-state index in [-0.39, 0.29) is 0 Å². The van der Waals surface area contributed by atoms with Crippen LogP contribution in [0.4, 0.5) is 0 Å². The van der Waals surface area contributed by atoms with Crippen molar-refractivity contribution in [3.63, 3.8) is 0 Å². The molecule has 1 aromatic rings. The monoisotopic (exact) mass is 217 g/mol. The molecule has 1 heteroatoms. The van der Waals surface area contributed by atoms with Crippen molar-refractivity contribution in [1.29, 1.82) is 0 Å². The summed E-state index contributed by atoms with van der Waals surface area (Å²) in [7, 11) is 0. The fourth-order valence-electron chi connectivity index (χ4n) is 2.59. The highest BCUT2D eigenvalue weighted by Gasteiger charge is 2.06. The zero-order chi connectivity index (χ0) is 11.2. The quantitative estimate of drug-likeness (QED) is 0.634. The van der Waals surface area contributed by atoms with Gasteiger partial charge < -0.3 is 0 Å². The summed E-state index contributed by atoms with van der Waals surface area (Å²) in [6, 6.07) is 2.35. The van der Waals surface area contributed by atoms with Crippen molar-refractivity contribution in [3.05, 3.63) is 29.1 Å². The summed E-state index contributed by atoms with van der Waals surface area (Å²) in [4.78, 5) is 4.62. The Labute approximate surface area is 99.3 Å². The van der Waals surface area contributed by atoms with Crippen LogP contribution >= 0.6 is 0 Å². The topological polar surface area (TPSA) is 12.9 Å². The van der Waals surface area contributed by atoms with Crippen LogP contribution < -0.4 is 0 Å². The first kappa shape index (κ1) is 11.6. The minimum absolute atomic E-state index is 1.19. The Bertz CT molecular complexity index is 330. The second kappa shape index (κ2) is 6.03. The summed E-state index contributed by atoms with van der Waals surface area (Å²) in [6.45, 7) is 2.15. The predicted molar refractivity (Wildman–Crippen MR) is 68.7 cm³/mol. The molecule has 0 bridgehead atoms. The van der Waals surface area contributed by atoms with Gasteiger partial charge >= 0.3 is 0 Å². The van der Waals surface area contributed by atoms with Gasteiger partial charge in [0.1, 0.15) is 0 Å². The van der Waals surface area contributed by atoms with E-state index in [1.807, 2.05) is 6.20 Å². The Morgan fingerprint density at radius 2 is 1.50 bits per heavy atom. The number of aromatic nitrogens is 1. The summed E-state index contributed by atoms with van der Waals surface area (Å²) in [5, 5.41) is 0. The molecule has 1 aliphatic carbocycles. The van der Waals surface area contributed by atoms with Gasteiger partial charge in [-0.2, -0.15) is 0 Å². The Balaban J connectivity index is 2.10. The van der Waals surface area contributed by atoms with Crippen LogP contribution in [0.15, 0.2) is 12.3 Å². The SMILES string of the molecule is Cc1cnc2c(c1)CCCCCCCCC2. The molecule has 16 heavy (non-hydrogen) atoms. The van der Waals surface area contributed by atoms with E-state index < -0.39 is 0 Å². The molecule has 0 spiro atoms. The Morgan fingerprint density at radius 1 is 0.875 bits per heavy atom. The molecule has 0 fully saturated rings. The van der Waals surface area contributed by atoms with Crippen molar-refractivity contribution in [2.45, 2.75) is 64.7 Å². The van der Waals surface area contributed by atoms with Gasteiger partial charge in [-0.05, 0) is 43.7 Å². The van der Waals surface area contributed by atoms with E-state index >= 15 is 0 Å². The van der Waals surface area contributed by atoms with E-state index in [0.29, 0.717) is 0 Å². The molecule has 1 heterocycles. The molecule has 0 unspecified atom stereocenters. The van der Waals surface area contributed by atoms with Crippen molar-refractivity contribution >= 4 is 0 Å². The van der Waals surface area contributed by atoms with E-state index in [1.54, 1.807) is 0 Å². The highest BCUT2D eigenvalue weighted by Crippen LogP contribution is 2.18. The standard InChI is InChI=1S/C15H23N/c1-13-11-14-9-7-5-3-2-4-6-8-10-15(14)16-12-13/h11-12H,2-10H2,1H3. The van der Waals surface area contributed by atoms with Crippen LogP contribution in [0.25, 0.3) is 0 Å². The summed E-state index contributed by atoms with van der Waals surface area (Å²) in [6.07, 6.45) is 14.2. The van der Waals surface area contributed by atoms with E-state index in [2.05, 4.69) is 18.0 Å². The van der Waals surface area contributed by atoms with Crippen LogP contribution in [-0.2, 0) is 12.8 Å². The average Bonchev–Trinajstić information content (AvgIpc) is 2.33. The number of fused-ring (bicyclic) bond motifs is 1. The summed E-state index contributed by atoms with van der Waals surface area (Å²) >= 11 is 0. The second-order valence-electron chi connectivity index (χ2n) is 5.09. The van der Waals surface area contributed by atoms with Crippen LogP contribution in [-0.4, -0.2) is 4.98 Å².